The minimum Gasteiger partial charge on any atom is -0.364 e. The third-order valence-electron chi connectivity index (χ3n) is 2.52. The van der Waals surface area contributed by atoms with Crippen molar-refractivity contribution in [1.82, 2.24) is 10.2 Å². The van der Waals surface area contributed by atoms with Crippen LogP contribution in [0.2, 0.25) is 0 Å². The number of carbonyl (C=O) groups excluding carboxylic acids is 1. The lowest BCUT2D eigenvalue weighted by molar-refractivity contribution is 0.0180. The lowest BCUT2D eigenvalue weighted by Gasteiger charge is -2.14. The molecule has 0 aliphatic carbocycles. The predicted octanol–water partition coefficient (Wildman–Crippen LogP) is 2.29. The van der Waals surface area contributed by atoms with Crippen LogP contribution in [0, 0.1) is 0 Å². The van der Waals surface area contributed by atoms with E-state index in [0.29, 0.717) is 0 Å². The molecule has 0 bridgehead atoms. The van der Waals surface area contributed by atoms with Gasteiger partial charge >= 0.3 is 0 Å². The average Bonchev–Trinajstić information content (AvgIpc) is 2.77. The number of rotatable bonds is 3. The van der Waals surface area contributed by atoms with E-state index < -0.39 is 11.8 Å². The Morgan fingerprint density at radius 3 is 2.61 bits per heavy atom. The average molecular weight is 251 g/mol. The summed E-state index contributed by atoms with van der Waals surface area (Å²) in [5.74, 6) is -3.67. The molecule has 1 aromatic heterocycles. The van der Waals surface area contributed by atoms with Crippen molar-refractivity contribution in [1.29, 1.82) is 0 Å². The number of aromatic amines is 1. The Morgan fingerprint density at radius 1 is 1.39 bits per heavy atom. The van der Waals surface area contributed by atoms with Crippen molar-refractivity contribution < 1.29 is 13.6 Å². The van der Waals surface area contributed by atoms with Gasteiger partial charge in [-0.1, -0.05) is 24.3 Å². The number of primary amides is 1. The lowest BCUT2D eigenvalue weighted by Crippen LogP contribution is -2.11. The summed E-state index contributed by atoms with van der Waals surface area (Å²) in [5, 5.41) is 6.24. The predicted molar refractivity (Wildman–Crippen MR) is 62.1 cm³/mol. The molecule has 1 heterocycles. The van der Waals surface area contributed by atoms with Crippen LogP contribution in [-0.2, 0) is 5.92 Å². The van der Waals surface area contributed by atoms with E-state index in [-0.39, 0.29) is 22.5 Å². The van der Waals surface area contributed by atoms with E-state index in [1.54, 1.807) is 6.07 Å². The third-order valence-corrected chi connectivity index (χ3v) is 2.52. The molecule has 18 heavy (non-hydrogen) atoms. The van der Waals surface area contributed by atoms with Crippen molar-refractivity contribution in [3.8, 4) is 11.3 Å². The summed E-state index contributed by atoms with van der Waals surface area (Å²) in [6.45, 7) is 0.813. The number of benzene rings is 1. The number of hydrogen-bond acceptors (Lipinski definition) is 2. The van der Waals surface area contributed by atoms with Gasteiger partial charge in [0.05, 0.1) is 5.69 Å². The topological polar surface area (TPSA) is 71.8 Å². The number of hydrogen-bond donors (Lipinski definition) is 2. The number of nitrogens with one attached hydrogen (secondary N) is 1. The first-order valence-corrected chi connectivity index (χ1v) is 5.22. The molecule has 94 valence electrons. The molecule has 1 aromatic carbocycles. The Kier molecular flexibility index (Phi) is 2.86. The first kappa shape index (κ1) is 12.2. The van der Waals surface area contributed by atoms with E-state index in [2.05, 4.69) is 10.2 Å². The van der Waals surface area contributed by atoms with Gasteiger partial charge in [0.1, 0.15) is 5.69 Å². The van der Waals surface area contributed by atoms with Crippen molar-refractivity contribution in [2.24, 2.45) is 5.73 Å². The van der Waals surface area contributed by atoms with Gasteiger partial charge in [-0.05, 0) is 6.07 Å². The summed E-state index contributed by atoms with van der Waals surface area (Å²) in [5.41, 5.74) is 5.54. The second-order valence-corrected chi connectivity index (χ2v) is 3.97. The molecule has 0 radical (unpaired) electrons. The van der Waals surface area contributed by atoms with Crippen molar-refractivity contribution in [3.05, 3.63) is 41.6 Å². The largest absolute Gasteiger partial charge is 0.364 e. The van der Waals surface area contributed by atoms with E-state index in [1.807, 2.05) is 0 Å². The normalized spacial score (nSPS) is 11.5. The lowest BCUT2D eigenvalue weighted by atomic mass is 10.00. The Balaban J connectivity index is 2.53. The van der Waals surface area contributed by atoms with Crippen molar-refractivity contribution in [3.63, 3.8) is 0 Å². The fraction of sp³-hybridized carbons (Fsp3) is 0.167. The minimum absolute atomic E-state index is 0.0826. The highest BCUT2D eigenvalue weighted by Crippen LogP contribution is 2.34. The van der Waals surface area contributed by atoms with E-state index in [1.165, 1.54) is 24.3 Å². The van der Waals surface area contributed by atoms with Crippen LogP contribution in [-0.4, -0.2) is 16.1 Å². The standard InChI is InChI=1S/C12H11F2N3O/c1-12(13,14)8-5-3-2-4-7(8)9-6-10(11(15)18)17-16-9/h2-6H,1H3,(H2,15,18)(H,16,17). The van der Waals surface area contributed by atoms with Gasteiger partial charge in [-0.15, -0.1) is 0 Å². The molecule has 0 aliphatic heterocycles. The summed E-state index contributed by atoms with van der Waals surface area (Å²) in [6.07, 6.45) is 0. The van der Waals surface area contributed by atoms with Crippen LogP contribution in [0.4, 0.5) is 8.78 Å². The Bertz CT molecular complexity index is 587. The monoisotopic (exact) mass is 251 g/mol. The molecular formula is C12H11F2N3O. The molecule has 6 heteroatoms. The molecule has 0 aliphatic rings. The van der Waals surface area contributed by atoms with Crippen LogP contribution in [0.15, 0.2) is 30.3 Å². The number of amides is 1. The fourth-order valence-electron chi connectivity index (χ4n) is 1.68. The Hall–Kier alpha value is -2.24. The maximum absolute atomic E-state index is 13.4. The van der Waals surface area contributed by atoms with Gasteiger partial charge in [0, 0.05) is 18.1 Å². The van der Waals surface area contributed by atoms with E-state index in [9.17, 15) is 13.6 Å². The van der Waals surface area contributed by atoms with Crippen LogP contribution >= 0.6 is 0 Å². The van der Waals surface area contributed by atoms with E-state index >= 15 is 0 Å². The number of carbonyl (C=O) groups is 1. The van der Waals surface area contributed by atoms with Crippen LogP contribution in [0.25, 0.3) is 11.3 Å². The molecule has 0 saturated carbocycles. The molecule has 0 atom stereocenters. The molecule has 3 N–H and O–H groups in total. The molecule has 0 unspecified atom stereocenters. The van der Waals surface area contributed by atoms with Crippen LogP contribution in [0.5, 0.6) is 0 Å². The first-order valence-electron chi connectivity index (χ1n) is 5.22. The fourth-order valence-corrected chi connectivity index (χ4v) is 1.68. The summed E-state index contributed by atoms with van der Waals surface area (Å²) < 4.78 is 26.9. The second kappa shape index (κ2) is 4.21. The molecule has 0 saturated heterocycles. The zero-order valence-electron chi connectivity index (χ0n) is 9.58. The highest BCUT2D eigenvalue weighted by molar-refractivity contribution is 5.92. The van der Waals surface area contributed by atoms with E-state index in [4.69, 9.17) is 5.73 Å². The summed E-state index contributed by atoms with van der Waals surface area (Å²) in [6, 6.07) is 7.36. The van der Waals surface area contributed by atoms with Gasteiger partial charge in [0.2, 0.25) is 0 Å². The molecule has 0 spiro atoms. The van der Waals surface area contributed by atoms with Gasteiger partial charge in [0.15, 0.2) is 0 Å². The summed E-state index contributed by atoms with van der Waals surface area (Å²) in [7, 11) is 0. The quantitative estimate of drug-likeness (QED) is 0.878. The molecule has 2 rings (SSSR count). The summed E-state index contributed by atoms with van der Waals surface area (Å²) >= 11 is 0. The number of nitrogens with two attached hydrogens (primary N) is 1. The summed E-state index contributed by atoms with van der Waals surface area (Å²) in [4.78, 5) is 10.9. The number of nitrogens with zero attached hydrogens (tertiary/aromatic N) is 1. The zero-order valence-corrected chi connectivity index (χ0v) is 9.58. The van der Waals surface area contributed by atoms with Crippen LogP contribution < -0.4 is 5.73 Å². The number of alkyl halides is 2. The number of aromatic nitrogens is 2. The third kappa shape index (κ3) is 2.22. The Morgan fingerprint density at radius 2 is 2.06 bits per heavy atom. The first-order chi connectivity index (χ1) is 8.39. The van der Waals surface area contributed by atoms with Gasteiger partial charge in [0.25, 0.3) is 11.8 Å². The van der Waals surface area contributed by atoms with Crippen LogP contribution in [0.3, 0.4) is 0 Å². The zero-order chi connectivity index (χ0) is 13.3. The highest BCUT2D eigenvalue weighted by atomic mass is 19.3. The molecular weight excluding hydrogens is 240 g/mol. The van der Waals surface area contributed by atoms with E-state index in [0.717, 1.165) is 6.92 Å². The maximum atomic E-state index is 13.4. The minimum atomic E-state index is -2.98. The number of halogens is 2. The van der Waals surface area contributed by atoms with Crippen molar-refractivity contribution in [2.75, 3.05) is 0 Å². The number of H-pyrrole nitrogens is 1. The molecule has 1 amide bonds. The van der Waals surface area contributed by atoms with Crippen molar-refractivity contribution >= 4 is 5.91 Å². The van der Waals surface area contributed by atoms with Gasteiger partial charge < -0.3 is 5.73 Å². The second-order valence-electron chi connectivity index (χ2n) is 3.97. The smallest absolute Gasteiger partial charge is 0.271 e. The maximum Gasteiger partial charge on any atom is 0.271 e. The SMILES string of the molecule is CC(F)(F)c1ccccc1-c1cc(C(N)=O)[nH]n1. The molecule has 2 aromatic rings. The van der Waals surface area contributed by atoms with Gasteiger partial charge in [-0.2, -0.15) is 5.10 Å². The van der Waals surface area contributed by atoms with Crippen molar-refractivity contribution in [2.45, 2.75) is 12.8 Å². The van der Waals surface area contributed by atoms with Gasteiger partial charge in [-0.3, -0.25) is 9.89 Å². The molecule has 4 nitrogen and oxygen atoms in total. The Labute approximate surface area is 102 Å². The molecule has 0 fully saturated rings. The van der Waals surface area contributed by atoms with Crippen LogP contribution in [0.1, 0.15) is 23.0 Å². The van der Waals surface area contributed by atoms with Gasteiger partial charge in [-0.25, -0.2) is 8.78 Å². The highest BCUT2D eigenvalue weighted by Gasteiger charge is 2.28.